The van der Waals surface area contributed by atoms with E-state index < -0.39 is 0 Å². The zero-order valence-corrected chi connectivity index (χ0v) is 14.0. The van der Waals surface area contributed by atoms with Gasteiger partial charge < -0.3 is 9.47 Å². The zero-order valence-electron chi connectivity index (χ0n) is 13.1. The molecule has 0 saturated carbocycles. The maximum Gasteiger partial charge on any atom is 0.223 e. The van der Waals surface area contributed by atoms with E-state index in [1.54, 1.807) is 11.3 Å². The third kappa shape index (κ3) is 3.16. The van der Waals surface area contributed by atoms with Crippen molar-refractivity contribution in [2.24, 2.45) is 0 Å². The van der Waals surface area contributed by atoms with E-state index in [1.165, 1.54) is 4.88 Å². The summed E-state index contributed by atoms with van der Waals surface area (Å²) in [5.41, 5.74) is 0. The van der Waals surface area contributed by atoms with Crippen LogP contribution in [-0.4, -0.2) is 43.6 Å². The summed E-state index contributed by atoms with van der Waals surface area (Å²) in [6, 6.07) is 4.29. The molecule has 122 valence electrons. The summed E-state index contributed by atoms with van der Waals surface area (Å²) in [5, 5.41) is 10.9. The van der Waals surface area contributed by atoms with E-state index >= 15 is 0 Å². The van der Waals surface area contributed by atoms with E-state index in [4.69, 9.17) is 0 Å². The van der Waals surface area contributed by atoms with Crippen LogP contribution in [0.15, 0.2) is 17.5 Å². The van der Waals surface area contributed by atoms with Crippen LogP contribution in [0.5, 0.6) is 0 Å². The first-order valence-electron chi connectivity index (χ1n) is 8.23. The van der Waals surface area contributed by atoms with Gasteiger partial charge in [-0.05, 0) is 24.3 Å². The van der Waals surface area contributed by atoms with Crippen LogP contribution in [0, 0.1) is 0 Å². The van der Waals surface area contributed by atoms with E-state index in [1.807, 2.05) is 4.90 Å². The molecule has 1 saturated heterocycles. The largest absolute Gasteiger partial charge is 0.335 e. The first-order chi connectivity index (χ1) is 11.3. The monoisotopic (exact) mass is 331 g/mol. The van der Waals surface area contributed by atoms with Crippen molar-refractivity contribution >= 4 is 17.2 Å². The van der Waals surface area contributed by atoms with Gasteiger partial charge >= 0.3 is 0 Å². The molecule has 0 N–H and O–H groups in total. The number of thiophene rings is 1. The van der Waals surface area contributed by atoms with Gasteiger partial charge in [0.25, 0.3) is 0 Å². The van der Waals surface area contributed by atoms with Crippen LogP contribution < -0.4 is 0 Å². The number of fused-ring (bicyclic) bond motifs is 1. The highest BCUT2D eigenvalue weighted by atomic mass is 32.1. The molecule has 0 bridgehead atoms. The standard InChI is InChI=1S/C16H21N5OS/c22-16-5-1-7-20(16)12-15-18-17-14-11-19(6-3-8-21(14)15)10-13-4-2-9-23-13/h2,4,9H,1,3,5-8,10-12H2. The van der Waals surface area contributed by atoms with Crippen LogP contribution in [0.2, 0.25) is 0 Å². The predicted molar refractivity (Wildman–Crippen MR) is 87.7 cm³/mol. The molecule has 2 aromatic heterocycles. The molecule has 0 spiro atoms. The predicted octanol–water partition coefficient (Wildman–Crippen LogP) is 1.87. The fraction of sp³-hybridized carbons (Fsp3) is 0.562. The highest BCUT2D eigenvalue weighted by Crippen LogP contribution is 2.19. The van der Waals surface area contributed by atoms with Crippen molar-refractivity contribution in [3.63, 3.8) is 0 Å². The molecule has 7 heteroatoms. The van der Waals surface area contributed by atoms with Gasteiger partial charge in [0.15, 0.2) is 5.82 Å². The van der Waals surface area contributed by atoms with Gasteiger partial charge in [-0.2, -0.15) is 0 Å². The van der Waals surface area contributed by atoms with Crippen molar-refractivity contribution in [3.05, 3.63) is 34.0 Å². The molecule has 0 aromatic carbocycles. The Hall–Kier alpha value is -1.73. The third-order valence-electron chi connectivity index (χ3n) is 4.59. The highest BCUT2D eigenvalue weighted by Gasteiger charge is 2.25. The summed E-state index contributed by atoms with van der Waals surface area (Å²) in [6.07, 6.45) is 2.74. The van der Waals surface area contributed by atoms with Crippen molar-refractivity contribution in [2.75, 3.05) is 13.1 Å². The molecule has 1 amide bonds. The fourth-order valence-electron chi connectivity index (χ4n) is 3.40. The summed E-state index contributed by atoms with van der Waals surface area (Å²) < 4.78 is 2.22. The number of nitrogens with zero attached hydrogens (tertiary/aromatic N) is 5. The average Bonchev–Trinajstić information content (AvgIpc) is 3.23. The lowest BCUT2D eigenvalue weighted by Gasteiger charge is -2.17. The maximum atomic E-state index is 11.8. The Balaban J connectivity index is 1.47. The van der Waals surface area contributed by atoms with E-state index in [0.717, 1.165) is 57.2 Å². The van der Waals surface area contributed by atoms with Gasteiger partial charge in [-0.25, -0.2) is 0 Å². The quantitative estimate of drug-likeness (QED) is 0.858. The van der Waals surface area contributed by atoms with Gasteiger partial charge in [0.05, 0.1) is 13.1 Å². The molecule has 2 aliphatic rings. The molecule has 4 heterocycles. The van der Waals surface area contributed by atoms with Gasteiger partial charge in [-0.3, -0.25) is 9.69 Å². The van der Waals surface area contributed by atoms with Crippen LogP contribution in [0.4, 0.5) is 0 Å². The summed E-state index contributed by atoms with van der Waals surface area (Å²) in [6.45, 7) is 5.29. The Morgan fingerprint density at radius 1 is 1.13 bits per heavy atom. The lowest BCUT2D eigenvalue weighted by atomic mass is 10.3. The fourth-order valence-corrected chi connectivity index (χ4v) is 4.14. The summed E-state index contributed by atoms with van der Waals surface area (Å²) in [4.78, 5) is 17.6. The number of carbonyl (C=O) groups is 1. The SMILES string of the molecule is O=C1CCCN1Cc1nnc2n1CCCN(Cc1cccs1)C2. The van der Waals surface area contributed by atoms with Crippen LogP contribution in [0.25, 0.3) is 0 Å². The van der Waals surface area contributed by atoms with E-state index in [0.29, 0.717) is 13.0 Å². The maximum absolute atomic E-state index is 11.8. The van der Waals surface area contributed by atoms with Gasteiger partial charge in [-0.15, -0.1) is 21.5 Å². The van der Waals surface area contributed by atoms with Crippen LogP contribution in [0.3, 0.4) is 0 Å². The third-order valence-corrected chi connectivity index (χ3v) is 5.45. The number of hydrogen-bond donors (Lipinski definition) is 0. The second-order valence-electron chi connectivity index (χ2n) is 6.25. The minimum atomic E-state index is 0.246. The molecule has 2 aliphatic heterocycles. The van der Waals surface area contributed by atoms with Crippen molar-refractivity contribution in [1.29, 1.82) is 0 Å². The Kier molecular flexibility index (Phi) is 4.13. The minimum Gasteiger partial charge on any atom is -0.335 e. The first kappa shape index (κ1) is 14.8. The smallest absolute Gasteiger partial charge is 0.223 e. The lowest BCUT2D eigenvalue weighted by molar-refractivity contribution is -0.128. The van der Waals surface area contributed by atoms with E-state index in [2.05, 4.69) is 37.2 Å². The number of amides is 1. The molecule has 4 rings (SSSR count). The normalized spacial score (nSPS) is 19.1. The molecule has 23 heavy (non-hydrogen) atoms. The summed E-state index contributed by atoms with van der Waals surface area (Å²) >= 11 is 1.80. The minimum absolute atomic E-state index is 0.246. The average molecular weight is 331 g/mol. The topological polar surface area (TPSA) is 54.3 Å². The number of carbonyl (C=O) groups excluding carboxylic acids is 1. The number of rotatable bonds is 4. The number of aromatic nitrogens is 3. The van der Waals surface area contributed by atoms with Gasteiger partial charge in [0.1, 0.15) is 5.82 Å². The van der Waals surface area contributed by atoms with Crippen LogP contribution in [0.1, 0.15) is 35.8 Å². The molecule has 1 fully saturated rings. The van der Waals surface area contributed by atoms with Crippen LogP contribution in [-0.2, 0) is 31.0 Å². The van der Waals surface area contributed by atoms with E-state index in [9.17, 15) is 4.79 Å². The zero-order chi connectivity index (χ0) is 15.6. The van der Waals surface area contributed by atoms with E-state index in [-0.39, 0.29) is 5.91 Å². The second-order valence-corrected chi connectivity index (χ2v) is 7.28. The molecule has 0 atom stereocenters. The molecule has 0 unspecified atom stereocenters. The molecule has 6 nitrogen and oxygen atoms in total. The molecular weight excluding hydrogens is 310 g/mol. The Morgan fingerprint density at radius 3 is 2.87 bits per heavy atom. The number of likely N-dealkylation sites (tertiary alicyclic amines) is 1. The van der Waals surface area contributed by atoms with Crippen molar-refractivity contribution < 1.29 is 4.79 Å². The van der Waals surface area contributed by atoms with Gasteiger partial charge in [0.2, 0.25) is 5.91 Å². The van der Waals surface area contributed by atoms with Crippen molar-refractivity contribution in [3.8, 4) is 0 Å². The van der Waals surface area contributed by atoms with Crippen molar-refractivity contribution in [2.45, 2.75) is 45.4 Å². The molecule has 2 aromatic rings. The Morgan fingerprint density at radius 2 is 2.09 bits per heavy atom. The molecular formula is C16H21N5OS. The van der Waals surface area contributed by atoms with Crippen LogP contribution >= 0.6 is 11.3 Å². The second kappa shape index (κ2) is 6.41. The number of hydrogen-bond acceptors (Lipinski definition) is 5. The Bertz CT molecular complexity index is 681. The highest BCUT2D eigenvalue weighted by molar-refractivity contribution is 7.09. The summed E-state index contributed by atoms with van der Waals surface area (Å²) in [5.74, 6) is 2.21. The molecule has 0 aliphatic carbocycles. The van der Waals surface area contributed by atoms with Gasteiger partial charge in [0, 0.05) is 37.5 Å². The van der Waals surface area contributed by atoms with Gasteiger partial charge in [-0.1, -0.05) is 6.07 Å². The summed E-state index contributed by atoms with van der Waals surface area (Å²) in [7, 11) is 0. The van der Waals surface area contributed by atoms with Crippen molar-refractivity contribution in [1.82, 2.24) is 24.6 Å². The molecule has 0 radical (unpaired) electrons. The first-order valence-corrected chi connectivity index (χ1v) is 9.11. The lowest BCUT2D eigenvalue weighted by Crippen LogP contribution is -2.26. The Labute approximate surface area is 139 Å².